The number of aryl methyl sites for hydroxylation is 1. The lowest BCUT2D eigenvalue weighted by Gasteiger charge is -2.17. The van der Waals surface area contributed by atoms with Crippen molar-refractivity contribution in [3.8, 4) is 0 Å². The van der Waals surface area contributed by atoms with Crippen molar-refractivity contribution >= 4 is 12.4 Å². The lowest BCUT2D eigenvalue weighted by Crippen LogP contribution is -2.23. The molecule has 0 saturated heterocycles. The van der Waals surface area contributed by atoms with Gasteiger partial charge in [0.1, 0.15) is 0 Å². The summed E-state index contributed by atoms with van der Waals surface area (Å²) in [6.07, 6.45) is 2.34. The van der Waals surface area contributed by atoms with E-state index >= 15 is 0 Å². The molecule has 1 nitrogen and oxygen atoms in total. The average molecular weight is 198 g/mol. The lowest BCUT2D eigenvalue weighted by atomic mass is 9.98. The predicted molar refractivity (Wildman–Crippen MR) is 58.5 cm³/mol. The molecule has 2 heteroatoms. The van der Waals surface area contributed by atoms with Gasteiger partial charge < -0.3 is 5.32 Å². The number of fused-ring (bicyclic) bond motifs is 1. The van der Waals surface area contributed by atoms with Crippen LogP contribution in [0.25, 0.3) is 0 Å². The largest absolute Gasteiger partial charge is 0.312 e. The van der Waals surface area contributed by atoms with Crippen LogP contribution in [0.1, 0.15) is 23.6 Å². The van der Waals surface area contributed by atoms with E-state index in [0.717, 1.165) is 19.5 Å². The van der Waals surface area contributed by atoms with Gasteiger partial charge in [-0.2, -0.15) is 0 Å². The molecule has 1 aliphatic heterocycles. The van der Waals surface area contributed by atoms with Crippen LogP contribution in [0, 0.1) is 0 Å². The van der Waals surface area contributed by atoms with Gasteiger partial charge in [0.15, 0.2) is 0 Å². The highest BCUT2D eigenvalue weighted by atomic mass is 35.5. The first-order chi connectivity index (χ1) is 5.90. The van der Waals surface area contributed by atoms with E-state index in [-0.39, 0.29) is 12.4 Å². The molecule has 0 unspecified atom stereocenters. The second-order valence-electron chi connectivity index (χ2n) is 3.38. The summed E-state index contributed by atoms with van der Waals surface area (Å²) in [5.41, 5.74) is 4.49. The topological polar surface area (TPSA) is 12.0 Å². The second kappa shape index (κ2) is 4.64. The van der Waals surface area contributed by atoms with E-state index in [0.29, 0.717) is 0 Å². The zero-order chi connectivity index (χ0) is 8.39. The summed E-state index contributed by atoms with van der Waals surface area (Å²) in [6.45, 7) is 4.40. The van der Waals surface area contributed by atoms with Crippen LogP contribution in [0.2, 0.25) is 0 Å². The third-order valence-corrected chi connectivity index (χ3v) is 2.57. The zero-order valence-corrected chi connectivity index (χ0v) is 8.79. The molecule has 0 fully saturated rings. The van der Waals surface area contributed by atoms with Gasteiger partial charge in [-0.15, -0.1) is 12.4 Å². The summed E-state index contributed by atoms with van der Waals surface area (Å²) in [7, 11) is 0. The Bertz CT molecular complexity index is 283. The van der Waals surface area contributed by atoms with Gasteiger partial charge in [-0.3, -0.25) is 0 Å². The Morgan fingerprint density at radius 1 is 1.31 bits per heavy atom. The quantitative estimate of drug-likeness (QED) is 0.729. The van der Waals surface area contributed by atoms with Crippen molar-refractivity contribution in [2.24, 2.45) is 0 Å². The minimum atomic E-state index is 0. The predicted octanol–water partition coefficient (Wildman–Crippen LogP) is 2.32. The van der Waals surface area contributed by atoms with Crippen LogP contribution in [-0.2, 0) is 19.4 Å². The number of hydrogen-bond donors (Lipinski definition) is 1. The molecule has 13 heavy (non-hydrogen) atoms. The third-order valence-electron chi connectivity index (χ3n) is 2.57. The standard InChI is InChI=1S/C11H15N.ClH/c1-2-9-3-4-10-5-6-12-8-11(10)7-9;/h3-4,7,12H,2,5-6,8H2,1H3;1H. The molecule has 0 bridgehead atoms. The molecule has 1 heterocycles. The summed E-state index contributed by atoms with van der Waals surface area (Å²) in [6, 6.07) is 6.88. The fourth-order valence-corrected chi connectivity index (χ4v) is 1.75. The number of nitrogens with one attached hydrogen (secondary N) is 1. The zero-order valence-electron chi connectivity index (χ0n) is 7.97. The van der Waals surface area contributed by atoms with Crippen LogP contribution in [-0.4, -0.2) is 6.54 Å². The number of halogens is 1. The fraction of sp³-hybridized carbons (Fsp3) is 0.455. The Labute approximate surface area is 86.0 Å². The SMILES string of the molecule is CCc1ccc2c(c1)CNCC2.Cl. The Hall–Kier alpha value is -0.530. The smallest absolute Gasteiger partial charge is 0.0208 e. The van der Waals surface area contributed by atoms with Gasteiger partial charge in [0.25, 0.3) is 0 Å². The van der Waals surface area contributed by atoms with Crippen molar-refractivity contribution in [2.45, 2.75) is 26.3 Å². The molecule has 1 aliphatic rings. The van der Waals surface area contributed by atoms with Gasteiger partial charge in [-0.1, -0.05) is 25.1 Å². The number of rotatable bonds is 1. The highest BCUT2D eigenvalue weighted by molar-refractivity contribution is 5.85. The van der Waals surface area contributed by atoms with Crippen molar-refractivity contribution in [1.82, 2.24) is 5.32 Å². The van der Waals surface area contributed by atoms with E-state index in [9.17, 15) is 0 Å². The van der Waals surface area contributed by atoms with Crippen LogP contribution in [0.5, 0.6) is 0 Å². The molecule has 1 aromatic rings. The van der Waals surface area contributed by atoms with Gasteiger partial charge in [0.2, 0.25) is 0 Å². The monoisotopic (exact) mass is 197 g/mol. The van der Waals surface area contributed by atoms with Gasteiger partial charge >= 0.3 is 0 Å². The average Bonchev–Trinajstić information content (AvgIpc) is 2.17. The highest BCUT2D eigenvalue weighted by Gasteiger charge is 2.07. The van der Waals surface area contributed by atoms with Gasteiger partial charge in [0, 0.05) is 6.54 Å². The molecular weight excluding hydrogens is 182 g/mol. The van der Waals surface area contributed by atoms with Crippen LogP contribution in [0.4, 0.5) is 0 Å². The fourth-order valence-electron chi connectivity index (χ4n) is 1.75. The summed E-state index contributed by atoms with van der Waals surface area (Å²) >= 11 is 0. The first-order valence-corrected chi connectivity index (χ1v) is 4.71. The van der Waals surface area contributed by atoms with Crippen LogP contribution >= 0.6 is 12.4 Å². The molecule has 0 aromatic heterocycles. The van der Waals surface area contributed by atoms with E-state index in [1.54, 1.807) is 0 Å². The normalized spacial score (nSPS) is 14.5. The Morgan fingerprint density at radius 2 is 2.15 bits per heavy atom. The lowest BCUT2D eigenvalue weighted by molar-refractivity contribution is 0.643. The van der Waals surface area contributed by atoms with E-state index in [4.69, 9.17) is 0 Å². The summed E-state index contributed by atoms with van der Waals surface area (Å²) in [4.78, 5) is 0. The molecule has 72 valence electrons. The first-order valence-electron chi connectivity index (χ1n) is 4.71. The van der Waals surface area contributed by atoms with Gasteiger partial charge in [-0.25, -0.2) is 0 Å². The first kappa shape index (κ1) is 10.6. The minimum absolute atomic E-state index is 0. The van der Waals surface area contributed by atoms with E-state index in [2.05, 4.69) is 30.4 Å². The molecule has 2 rings (SSSR count). The van der Waals surface area contributed by atoms with Gasteiger partial charge in [-0.05, 0) is 36.1 Å². The molecule has 0 saturated carbocycles. The van der Waals surface area contributed by atoms with E-state index < -0.39 is 0 Å². The van der Waals surface area contributed by atoms with Gasteiger partial charge in [0.05, 0.1) is 0 Å². The molecule has 0 atom stereocenters. The maximum Gasteiger partial charge on any atom is 0.0208 e. The van der Waals surface area contributed by atoms with Crippen molar-refractivity contribution < 1.29 is 0 Å². The van der Waals surface area contributed by atoms with Crippen LogP contribution in [0.15, 0.2) is 18.2 Å². The highest BCUT2D eigenvalue weighted by Crippen LogP contribution is 2.15. The number of benzene rings is 1. The van der Waals surface area contributed by atoms with Crippen molar-refractivity contribution in [3.63, 3.8) is 0 Å². The molecule has 0 spiro atoms. The van der Waals surface area contributed by atoms with Crippen molar-refractivity contribution in [2.75, 3.05) is 6.54 Å². The summed E-state index contributed by atoms with van der Waals surface area (Å²) in [5, 5.41) is 3.39. The van der Waals surface area contributed by atoms with Crippen LogP contribution in [0.3, 0.4) is 0 Å². The maximum absolute atomic E-state index is 3.39. The molecule has 1 N–H and O–H groups in total. The Kier molecular flexibility index (Phi) is 3.76. The second-order valence-corrected chi connectivity index (χ2v) is 3.38. The van der Waals surface area contributed by atoms with Crippen molar-refractivity contribution in [1.29, 1.82) is 0 Å². The minimum Gasteiger partial charge on any atom is -0.312 e. The van der Waals surface area contributed by atoms with E-state index in [1.165, 1.54) is 23.1 Å². The summed E-state index contributed by atoms with van der Waals surface area (Å²) < 4.78 is 0. The van der Waals surface area contributed by atoms with E-state index in [1.807, 2.05) is 0 Å². The third kappa shape index (κ3) is 2.23. The molecule has 0 amide bonds. The molecular formula is C11H16ClN. The molecule has 1 aromatic carbocycles. The maximum atomic E-state index is 3.39. The van der Waals surface area contributed by atoms with Crippen LogP contribution < -0.4 is 5.32 Å². The summed E-state index contributed by atoms with van der Waals surface area (Å²) in [5.74, 6) is 0. The molecule has 0 radical (unpaired) electrons. The molecule has 0 aliphatic carbocycles. The Balaban J connectivity index is 0.000000845. The number of hydrogen-bond acceptors (Lipinski definition) is 1. The Morgan fingerprint density at radius 3 is 2.92 bits per heavy atom. The van der Waals surface area contributed by atoms with Crippen molar-refractivity contribution in [3.05, 3.63) is 34.9 Å².